The Hall–Kier alpha value is -0.540. The number of halogens is 1. The Bertz CT molecular complexity index is 444. The van der Waals surface area contributed by atoms with Gasteiger partial charge in [-0.25, -0.2) is 0 Å². The predicted molar refractivity (Wildman–Crippen MR) is 89.2 cm³/mol. The van der Waals surface area contributed by atoms with Crippen LogP contribution in [-0.4, -0.2) is 18.2 Å². The maximum absolute atomic E-state index is 9.65. The van der Waals surface area contributed by atoms with Gasteiger partial charge in [0.2, 0.25) is 0 Å². The van der Waals surface area contributed by atoms with E-state index in [1.54, 1.807) is 6.92 Å². The minimum atomic E-state index is -0.408. The van der Waals surface area contributed by atoms with Crippen LogP contribution in [0.25, 0.3) is 0 Å². The number of anilines is 1. The van der Waals surface area contributed by atoms with Gasteiger partial charge in [0.25, 0.3) is 0 Å². The Balaban J connectivity index is 2.11. The lowest BCUT2D eigenvalue weighted by Gasteiger charge is -2.42. The third kappa shape index (κ3) is 3.20. The molecule has 1 aliphatic heterocycles. The van der Waals surface area contributed by atoms with Gasteiger partial charge in [0.1, 0.15) is 0 Å². The summed E-state index contributed by atoms with van der Waals surface area (Å²) in [6.45, 7) is 8.72. The second kappa shape index (κ2) is 6.48. The van der Waals surface area contributed by atoms with E-state index in [9.17, 15) is 5.11 Å². The van der Waals surface area contributed by atoms with E-state index in [1.807, 2.05) is 12.1 Å². The Morgan fingerprint density at radius 1 is 1.25 bits per heavy atom. The van der Waals surface area contributed by atoms with Crippen molar-refractivity contribution in [3.05, 3.63) is 28.2 Å². The molecule has 20 heavy (non-hydrogen) atoms. The molecule has 1 aromatic rings. The minimum absolute atomic E-state index is 0.408. The van der Waals surface area contributed by atoms with Crippen LogP contribution in [0.15, 0.2) is 22.7 Å². The van der Waals surface area contributed by atoms with E-state index in [4.69, 9.17) is 0 Å². The van der Waals surface area contributed by atoms with Gasteiger partial charge >= 0.3 is 0 Å². The number of aliphatic hydroxyl groups excluding tert-OH is 1. The van der Waals surface area contributed by atoms with Crippen LogP contribution in [0.2, 0.25) is 0 Å². The Kier molecular flexibility index (Phi) is 5.14. The second-order valence-electron chi connectivity index (χ2n) is 6.08. The molecule has 0 bridgehead atoms. The average molecular weight is 340 g/mol. The molecular formula is C17H26BrNO. The van der Waals surface area contributed by atoms with Crippen molar-refractivity contribution in [2.24, 2.45) is 5.41 Å². The summed E-state index contributed by atoms with van der Waals surface area (Å²) in [5.41, 5.74) is 2.78. The molecule has 0 saturated carbocycles. The fourth-order valence-electron chi connectivity index (χ4n) is 3.22. The van der Waals surface area contributed by atoms with E-state index >= 15 is 0 Å². The molecular weight excluding hydrogens is 314 g/mol. The molecule has 2 nitrogen and oxygen atoms in total. The first kappa shape index (κ1) is 15.8. The third-order valence-corrected chi connectivity index (χ3v) is 5.75. The number of rotatable bonds is 4. The molecule has 0 aromatic heterocycles. The minimum Gasteiger partial charge on any atom is -0.389 e. The van der Waals surface area contributed by atoms with Crippen molar-refractivity contribution in [1.29, 1.82) is 0 Å². The van der Waals surface area contributed by atoms with Crippen LogP contribution in [-0.2, 0) is 0 Å². The van der Waals surface area contributed by atoms with Gasteiger partial charge in [-0.1, -0.05) is 32.8 Å². The van der Waals surface area contributed by atoms with Crippen molar-refractivity contribution < 1.29 is 5.11 Å². The number of aliphatic hydroxyl groups is 1. The normalized spacial score (nSPS) is 19.9. The molecule has 1 heterocycles. The average Bonchev–Trinajstić information content (AvgIpc) is 2.47. The van der Waals surface area contributed by atoms with Gasteiger partial charge in [-0.05, 0) is 58.8 Å². The lowest BCUT2D eigenvalue weighted by atomic mass is 9.74. The highest BCUT2D eigenvalue weighted by molar-refractivity contribution is 9.10. The third-order valence-electron chi connectivity index (χ3n) is 5.12. The highest BCUT2D eigenvalue weighted by Crippen LogP contribution is 2.40. The van der Waals surface area contributed by atoms with Gasteiger partial charge < -0.3 is 10.0 Å². The number of nitrogens with zero attached hydrogens (tertiary/aromatic N) is 1. The van der Waals surface area contributed by atoms with E-state index in [0.717, 1.165) is 23.1 Å². The summed E-state index contributed by atoms with van der Waals surface area (Å²) in [6.07, 6.45) is 4.74. The molecule has 0 spiro atoms. The Labute approximate surface area is 131 Å². The molecule has 1 aliphatic rings. The molecule has 1 unspecified atom stereocenters. The second-order valence-corrected chi connectivity index (χ2v) is 6.94. The fourth-order valence-corrected chi connectivity index (χ4v) is 3.87. The smallest absolute Gasteiger partial charge is 0.0762 e. The van der Waals surface area contributed by atoms with Crippen molar-refractivity contribution in [2.45, 2.75) is 52.6 Å². The summed E-state index contributed by atoms with van der Waals surface area (Å²) in [4.78, 5) is 2.47. The molecule has 2 rings (SSSR count). The molecule has 1 N–H and O–H groups in total. The van der Waals surface area contributed by atoms with Crippen LogP contribution >= 0.6 is 15.9 Å². The highest BCUT2D eigenvalue weighted by Gasteiger charge is 2.31. The van der Waals surface area contributed by atoms with Crippen LogP contribution < -0.4 is 4.90 Å². The lowest BCUT2D eigenvalue weighted by molar-refractivity contribution is 0.198. The topological polar surface area (TPSA) is 23.5 Å². The summed E-state index contributed by atoms with van der Waals surface area (Å²) in [5, 5.41) is 9.65. The van der Waals surface area contributed by atoms with E-state index in [1.165, 1.54) is 31.4 Å². The van der Waals surface area contributed by atoms with Crippen molar-refractivity contribution in [3.8, 4) is 0 Å². The van der Waals surface area contributed by atoms with Crippen molar-refractivity contribution in [1.82, 2.24) is 0 Å². The first-order valence-electron chi connectivity index (χ1n) is 7.74. The zero-order valence-corrected chi connectivity index (χ0v) is 14.4. The molecule has 112 valence electrons. The Morgan fingerprint density at radius 3 is 2.30 bits per heavy atom. The first-order valence-corrected chi connectivity index (χ1v) is 8.53. The van der Waals surface area contributed by atoms with Gasteiger partial charge in [0.15, 0.2) is 0 Å². The van der Waals surface area contributed by atoms with E-state index in [2.05, 4.69) is 40.7 Å². The number of hydrogen-bond donors (Lipinski definition) is 1. The van der Waals surface area contributed by atoms with Crippen LogP contribution in [0.4, 0.5) is 5.69 Å². The van der Waals surface area contributed by atoms with Gasteiger partial charge in [-0.15, -0.1) is 0 Å². The van der Waals surface area contributed by atoms with E-state index in [-0.39, 0.29) is 0 Å². The monoisotopic (exact) mass is 339 g/mol. The molecule has 1 atom stereocenters. The highest BCUT2D eigenvalue weighted by atomic mass is 79.9. The zero-order chi connectivity index (χ0) is 14.8. The quantitative estimate of drug-likeness (QED) is 0.842. The standard InChI is InChI=1S/C17H26BrNO/c1-4-17(5-2)8-10-19(11-9-17)16-7-6-14(13(3)20)12-15(16)18/h6-7,12-13,20H,4-5,8-11H2,1-3H3. The molecule has 0 amide bonds. The summed E-state index contributed by atoms with van der Waals surface area (Å²) < 4.78 is 1.09. The predicted octanol–water partition coefficient (Wildman–Crippen LogP) is 4.91. The van der Waals surface area contributed by atoms with Gasteiger partial charge in [-0.3, -0.25) is 0 Å². The molecule has 1 aromatic carbocycles. The summed E-state index contributed by atoms with van der Waals surface area (Å²) in [5.74, 6) is 0. The molecule has 1 fully saturated rings. The zero-order valence-electron chi connectivity index (χ0n) is 12.8. The van der Waals surface area contributed by atoms with Gasteiger partial charge in [-0.2, -0.15) is 0 Å². The fraction of sp³-hybridized carbons (Fsp3) is 0.647. The SMILES string of the molecule is CCC1(CC)CCN(c2ccc(C(C)O)cc2Br)CC1. The van der Waals surface area contributed by atoms with Crippen molar-refractivity contribution in [3.63, 3.8) is 0 Å². The van der Waals surface area contributed by atoms with Crippen LogP contribution in [0.5, 0.6) is 0 Å². The van der Waals surface area contributed by atoms with Crippen molar-refractivity contribution in [2.75, 3.05) is 18.0 Å². The lowest BCUT2D eigenvalue weighted by Crippen LogP contribution is -2.39. The van der Waals surface area contributed by atoms with E-state index in [0.29, 0.717) is 5.41 Å². The van der Waals surface area contributed by atoms with Gasteiger partial charge in [0.05, 0.1) is 11.8 Å². The maximum atomic E-state index is 9.65. The molecule has 0 radical (unpaired) electrons. The van der Waals surface area contributed by atoms with Gasteiger partial charge in [0, 0.05) is 17.6 Å². The first-order chi connectivity index (χ1) is 9.51. The van der Waals surface area contributed by atoms with Crippen LogP contribution in [0.3, 0.4) is 0 Å². The summed E-state index contributed by atoms with van der Waals surface area (Å²) in [7, 11) is 0. The van der Waals surface area contributed by atoms with Crippen molar-refractivity contribution >= 4 is 21.6 Å². The van der Waals surface area contributed by atoms with E-state index < -0.39 is 6.10 Å². The number of hydrogen-bond acceptors (Lipinski definition) is 2. The summed E-state index contributed by atoms with van der Waals surface area (Å²) in [6, 6.07) is 6.21. The summed E-state index contributed by atoms with van der Waals surface area (Å²) >= 11 is 3.66. The molecule has 0 aliphatic carbocycles. The number of benzene rings is 1. The number of piperidine rings is 1. The molecule has 3 heteroatoms. The largest absolute Gasteiger partial charge is 0.389 e. The van der Waals surface area contributed by atoms with Crippen LogP contribution in [0, 0.1) is 5.41 Å². The Morgan fingerprint density at radius 2 is 1.85 bits per heavy atom. The van der Waals surface area contributed by atoms with Crippen LogP contribution in [0.1, 0.15) is 58.1 Å². The molecule has 1 saturated heterocycles. The maximum Gasteiger partial charge on any atom is 0.0762 e.